The van der Waals surface area contributed by atoms with Crippen LogP contribution < -0.4 is 0 Å². The quantitative estimate of drug-likeness (QED) is 0.258. The predicted molar refractivity (Wildman–Crippen MR) is 146 cm³/mol. The van der Waals surface area contributed by atoms with Gasteiger partial charge in [0.05, 0.1) is 32.3 Å². The monoisotopic (exact) mass is 534 g/mol. The van der Waals surface area contributed by atoms with Crippen LogP contribution in [0.25, 0.3) is 0 Å². The van der Waals surface area contributed by atoms with Gasteiger partial charge in [-0.25, -0.2) is 4.98 Å². The second kappa shape index (κ2) is 13.2. The number of aromatic nitrogens is 2. The molecule has 1 aromatic heterocycles. The Morgan fingerprint density at radius 3 is 1.93 bits per heavy atom. The van der Waals surface area contributed by atoms with Gasteiger partial charge in [-0.1, -0.05) is 91.0 Å². The highest BCUT2D eigenvalue weighted by molar-refractivity contribution is 5.24. The Morgan fingerprint density at radius 1 is 0.825 bits per heavy atom. The van der Waals surface area contributed by atoms with E-state index in [2.05, 4.69) is 22.1 Å². The van der Waals surface area contributed by atoms with Crippen LogP contribution in [0.2, 0.25) is 0 Å². The first kappa shape index (κ1) is 27.3. The summed E-state index contributed by atoms with van der Waals surface area (Å²) in [7, 11) is 0. The highest BCUT2D eigenvalue weighted by Gasteiger charge is 2.62. The Labute approximate surface area is 233 Å². The molecule has 8 nitrogen and oxygen atoms in total. The standard InChI is InChI=1S/C32H30N4O4/c33-17-16-27(37-20-24-10-4-1-5-11-24)32(23-34)30(39-22-26-14-8-3-9-15-26)28(29(40-32)31-35-18-19-36-31)38-21-25-12-6-2-7-13-25/h1-15,18-19,27-30H,16,20-22H2,(H,35,36)/t27?,28-,29-,30+,32-/m1/s1. The molecular formula is C32H30N4O4. The van der Waals surface area contributed by atoms with Gasteiger partial charge >= 0.3 is 0 Å². The van der Waals surface area contributed by atoms with Crippen molar-refractivity contribution < 1.29 is 18.9 Å². The van der Waals surface area contributed by atoms with E-state index >= 15 is 0 Å². The Kier molecular flexibility index (Phi) is 8.97. The number of aromatic amines is 1. The van der Waals surface area contributed by atoms with Crippen LogP contribution in [0.3, 0.4) is 0 Å². The van der Waals surface area contributed by atoms with E-state index in [4.69, 9.17) is 18.9 Å². The third-order valence-electron chi connectivity index (χ3n) is 6.91. The normalized spacial score (nSPS) is 22.8. The van der Waals surface area contributed by atoms with E-state index in [1.54, 1.807) is 12.4 Å². The van der Waals surface area contributed by atoms with Gasteiger partial charge in [0.2, 0.25) is 5.60 Å². The van der Waals surface area contributed by atoms with Crippen molar-refractivity contribution in [2.24, 2.45) is 0 Å². The van der Waals surface area contributed by atoms with Crippen molar-refractivity contribution in [2.75, 3.05) is 0 Å². The van der Waals surface area contributed by atoms with Crippen LogP contribution >= 0.6 is 0 Å². The molecule has 1 aliphatic rings. The molecule has 0 aliphatic carbocycles. The van der Waals surface area contributed by atoms with Crippen molar-refractivity contribution in [3.63, 3.8) is 0 Å². The first-order valence-corrected chi connectivity index (χ1v) is 13.2. The summed E-state index contributed by atoms with van der Waals surface area (Å²) in [6, 6.07) is 33.6. The fourth-order valence-electron chi connectivity index (χ4n) is 4.92. The number of hydrogen-bond acceptors (Lipinski definition) is 7. The summed E-state index contributed by atoms with van der Waals surface area (Å²) < 4.78 is 25.8. The second-order valence-electron chi connectivity index (χ2n) is 9.54. The number of benzene rings is 3. The zero-order chi connectivity index (χ0) is 27.6. The lowest BCUT2D eigenvalue weighted by Gasteiger charge is -2.35. The molecule has 8 heteroatoms. The number of nitrogens with zero attached hydrogens (tertiary/aromatic N) is 3. The topological polar surface area (TPSA) is 113 Å². The first-order valence-electron chi connectivity index (χ1n) is 13.2. The van der Waals surface area contributed by atoms with Crippen LogP contribution in [0.5, 0.6) is 0 Å². The fraction of sp³-hybridized carbons (Fsp3) is 0.281. The molecule has 0 spiro atoms. The molecule has 0 amide bonds. The lowest BCUT2D eigenvalue weighted by atomic mass is 9.87. The van der Waals surface area contributed by atoms with Gasteiger partial charge in [-0.05, 0) is 16.7 Å². The summed E-state index contributed by atoms with van der Waals surface area (Å²) in [5.74, 6) is 0.502. The maximum Gasteiger partial charge on any atom is 0.210 e. The van der Waals surface area contributed by atoms with Gasteiger partial charge in [-0.2, -0.15) is 10.5 Å². The number of hydrogen-bond donors (Lipinski definition) is 1. The maximum absolute atomic E-state index is 10.8. The Bertz CT molecular complexity index is 1400. The van der Waals surface area contributed by atoms with Crippen molar-refractivity contribution in [2.45, 2.75) is 56.3 Å². The number of rotatable bonds is 12. The fourth-order valence-corrected chi connectivity index (χ4v) is 4.92. The number of nitrogens with one attached hydrogen (secondary N) is 1. The van der Waals surface area contributed by atoms with Crippen molar-refractivity contribution in [3.8, 4) is 12.1 Å². The lowest BCUT2D eigenvalue weighted by Crippen LogP contribution is -2.53. The summed E-state index contributed by atoms with van der Waals surface area (Å²) in [4.78, 5) is 7.53. The molecule has 2 heterocycles. The van der Waals surface area contributed by atoms with Crippen LogP contribution in [0.15, 0.2) is 103 Å². The van der Waals surface area contributed by atoms with E-state index in [0.717, 1.165) is 16.7 Å². The van der Waals surface area contributed by atoms with E-state index in [9.17, 15) is 10.5 Å². The molecule has 202 valence electrons. The van der Waals surface area contributed by atoms with Crippen molar-refractivity contribution in [1.29, 1.82) is 10.5 Å². The third kappa shape index (κ3) is 6.12. The highest BCUT2D eigenvalue weighted by Crippen LogP contribution is 2.46. The van der Waals surface area contributed by atoms with Crippen molar-refractivity contribution in [1.82, 2.24) is 9.97 Å². The zero-order valence-electron chi connectivity index (χ0n) is 21.9. The second-order valence-corrected chi connectivity index (χ2v) is 9.54. The van der Waals surface area contributed by atoms with Gasteiger partial charge in [0.15, 0.2) is 0 Å². The molecule has 5 rings (SSSR count). The van der Waals surface area contributed by atoms with Crippen LogP contribution in [0, 0.1) is 22.7 Å². The molecule has 1 saturated heterocycles. The van der Waals surface area contributed by atoms with Crippen LogP contribution in [0.4, 0.5) is 0 Å². The molecule has 5 atom stereocenters. The van der Waals surface area contributed by atoms with Crippen LogP contribution in [-0.2, 0) is 38.8 Å². The van der Waals surface area contributed by atoms with E-state index in [1.807, 2.05) is 91.0 Å². The number of ether oxygens (including phenoxy) is 4. The van der Waals surface area contributed by atoms with Gasteiger partial charge in [-0.15, -0.1) is 0 Å². The average molecular weight is 535 g/mol. The van der Waals surface area contributed by atoms with E-state index in [-0.39, 0.29) is 26.2 Å². The largest absolute Gasteiger partial charge is 0.368 e. The molecule has 3 aromatic carbocycles. The minimum absolute atomic E-state index is 0.0815. The Morgan fingerprint density at radius 2 is 1.40 bits per heavy atom. The van der Waals surface area contributed by atoms with Gasteiger partial charge in [0.1, 0.15) is 36.3 Å². The molecule has 0 bridgehead atoms. The van der Waals surface area contributed by atoms with Crippen LogP contribution in [0.1, 0.15) is 35.0 Å². The third-order valence-corrected chi connectivity index (χ3v) is 6.91. The average Bonchev–Trinajstić information content (AvgIpc) is 3.65. The smallest absolute Gasteiger partial charge is 0.210 e. The molecule has 4 aromatic rings. The summed E-state index contributed by atoms with van der Waals surface area (Å²) in [6.07, 6.45) is -0.0777. The molecule has 0 radical (unpaired) electrons. The van der Waals surface area contributed by atoms with Gasteiger partial charge in [0.25, 0.3) is 0 Å². The van der Waals surface area contributed by atoms with E-state index in [1.165, 1.54) is 0 Å². The molecule has 0 saturated carbocycles. The lowest BCUT2D eigenvalue weighted by molar-refractivity contribution is -0.157. The van der Waals surface area contributed by atoms with Gasteiger partial charge in [0, 0.05) is 12.4 Å². The first-order chi connectivity index (χ1) is 19.7. The van der Waals surface area contributed by atoms with Gasteiger partial charge in [-0.3, -0.25) is 0 Å². The van der Waals surface area contributed by atoms with Crippen molar-refractivity contribution >= 4 is 0 Å². The molecule has 1 fully saturated rings. The SMILES string of the molecule is N#CCC(OCc1ccccc1)[C@@]1(C#N)O[C@@H](c2ncc[nH]2)[C@@H](OCc2ccccc2)[C@@H]1OCc1ccccc1. The van der Waals surface area contributed by atoms with E-state index < -0.39 is 30.0 Å². The molecule has 1 N–H and O–H groups in total. The van der Waals surface area contributed by atoms with Gasteiger partial charge < -0.3 is 23.9 Å². The maximum atomic E-state index is 10.8. The minimum atomic E-state index is -1.65. The molecule has 40 heavy (non-hydrogen) atoms. The van der Waals surface area contributed by atoms with Crippen molar-refractivity contribution in [3.05, 3.63) is 126 Å². The predicted octanol–water partition coefficient (Wildman–Crippen LogP) is 5.41. The highest BCUT2D eigenvalue weighted by atomic mass is 16.6. The zero-order valence-corrected chi connectivity index (χ0v) is 21.9. The molecule has 1 aliphatic heterocycles. The summed E-state index contributed by atoms with van der Waals surface area (Å²) in [6.45, 7) is 0.686. The number of imidazole rings is 1. The Hall–Kier alpha value is -4.31. The number of nitriles is 2. The Balaban J connectivity index is 1.51. The van der Waals surface area contributed by atoms with E-state index in [0.29, 0.717) is 5.82 Å². The molecule has 1 unspecified atom stereocenters. The molecular weight excluding hydrogens is 504 g/mol. The number of H-pyrrole nitrogens is 1. The summed E-state index contributed by atoms with van der Waals surface area (Å²) in [5, 5.41) is 20.5. The minimum Gasteiger partial charge on any atom is -0.368 e. The van der Waals surface area contributed by atoms with Crippen LogP contribution in [-0.4, -0.2) is 33.9 Å². The summed E-state index contributed by atoms with van der Waals surface area (Å²) in [5.41, 5.74) is 1.15. The summed E-state index contributed by atoms with van der Waals surface area (Å²) >= 11 is 0.